The summed E-state index contributed by atoms with van der Waals surface area (Å²) in [6, 6.07) is 10.8. The second-order valence-corrected chi connectivity index (χ2v) is 5.55. The average Bonchev–Trinajstić information content (AvgIpc) is 2.46. The Kier molecular flexibility index (Phi) is 10.4. The van der Waals surface area contributed by atoms with Crippen LogP contribution in [0, 0.1) is 0 Å². The molecule has 1 saturated heterocycles. The molecule has 0 radical (unpaired) electrons. The molecule has 4 nitrogen and oxygen atoms in total. The number of hydrogen-bond acceptors (Lipinski definition) is 3. The first-order valence-corrected chi connectivity index (χ1v) is 7.46. The summed E-state index contributed by atoms with van der Waals surface area (Å²) in [5, 5.41) is 0. The molecule has 1 aromatic carbocycles. The molecule has 126 valence electrons. The Morgan fingerprint density at radius 1 is 1.23 bits per heavy atom. The molecule has 1 atom stereocenters. The topological polar surface area (TPSA) is 49.6 Å². The number of hydrogen-bond donors (Lipinski definition) is 1. The number of rotatable bonds is 5. The van der Waals surface area contributed by atoms with Crippen LogP contribution in [-0.4, -0.2) is 47.9 Å². The molecule has 0 aliphatic carbocycles. The number of nitrogens with zero attached hydrogens (tertiary/aromatic N) is 2. The molecule has 0 saturated carbocycles. The number of carbonyl (C=O) groups excluding carboxylic acids is 1. The number of piperazine rings is 1. The predicted octanol–water partition coefficient (Wildman–Crippen LogP) is 2.30. The van der Waals surface area contributed by atoms with E-state index in [-0.39, 0.29) is 36.8 Å². The third-order valence-electron chi connectivity index (χ3n) is 3.88. The van der Waals surface area contributed by atoms with Crippen LogP contribution in [0.15, 0.2) is 30.3 Å². The van der Waals surface area contributed by atoms with Gasteiger partial charge >= 0.3 is 0 Å². The molecule has 6 heteroatoms. The van der Waals surface area contributed by atoms with Gasteiger partial charge in [0.2, 0.25) is 5.91 Å². The van der Waals surface area contributed by atoms with Crippen LogP contribution >= 0.6 is 24.8 Å². The van der Waals surface area contributed by atoms with Gasteiger partial charge in [-0.05, 0) is 25.5 Å². The molecule has 0 bridgehead atoms. The van der Waals surface area contributed by atoms with Gasteiger partial charge in [0.1, 0.15) is 0 Å². The van der Waals surface area contributed by atoms with E-state index in [2.05, 4.69) is 36.1 Å². The fourth-order valence-electron chi connectivity index (χ4n) is 2.79. The summed E-state index contributed by atoms with van der Waals surface area (Å²) in [7, 11) is 0. The number of nitrogens with two attached hydrogens (primary N) is 1. The molecule has 1 aliphatic rings. The first kappa shape index (κ1) is 21.2. The summed E-state index contributed by atoms with van der Waals surface area (Å²) in [6.07, 6.45) is 1.37. The highest BCUT2D eigenvalue weighted by molar-refractivity contribution is 5.85. The minimum absolute atomic E-state index is 0. The Morgan fingerprint density at radius 2 is 1.91 bits per heavy atom. The molecule has 22 heavy (non-hydrogen) atoms. The molecule has 1 fully saturated rings. The maximum Gasteiger partial charge on any atom is 0.222 e. The minimum atomic E-state index is 0. The van der Waals surface area contributed by atoms with Gasteiger partial charge in [-0.15, -0.1) is 24.8 Å². The summed E-state index contributed by atoms with van der Waals surface area (Å²) >= 11 is 0. The number of benzene rings is 1. The van der Waals surface area contributed by atoms with Crippen molar-refractivity contribution in [3.63, 3.8) is 0 Å². The van der Waals surface area contributed by atoms with Crippen molar-refractivity contribution in [2.24, 2.45) is 5.73 Å². The molecule has 1 amide bonds. The Balaban J connectivity index is 0.00000220. The number of amides is 1. The molecule has 2 N–H and O–H groups in total. The van der Waals surface area contributed by atoms with E-state index in [0.717, 1.165) is 32.6 Å². The van der Waals surface area contributed by atoms with Gasteiger partial charge in [0.05, 0.1) is 0 Å². The molecular weight excluding hydrogens is 321 g/mol. The lowest BCUT2D eigenvalue weighted by Crippen LogP contribution is -2.53. The van der Waals surface area contributed by atoms with E-state index in [9.17, 15) is 4.79 Å². The normalized spacial score (nSPS) is 18.3. The summed E-state index contributed by atoms with van der Waals surface area (Å²) in [5.74, 6) is 0.252. The highest BCUT2D eigenvalue weighted by Crippen LogP contribution is 2.14. The van der Waals surface area contributed by atoms with Crippen molar-refractivity contribution in [3.05, 3.63) is 35.9 Å². The van der Waals surface area contributed by atoms with Crippen molar-refractivity contribution in [1.29, 1.82) is 0 Å². The first-order valence-electron chi connectivity index (χ1n) is 7.46. The summed E-state index contributed by atoms with van der Waals surface area (Å²) < 4.78 is 0. The van der Waals surface area contributed by atoms with Crippen molar-refractivity contribution in [2.45, 2.75) is 32.4 Å². The first-order chi connectivity index (χ1) is 9.70. The van der Waals surface area contributed by atoms with Gasteiger partial charge in [0.25, 0.3) is 0 Å². The van der Waals surface area contributed by atoms with Crippen LogP contribution in [0.3, 0.4) is 0 Å². The SMILES string of the molecule is CC1CN(Cc2ccccc2)CCN1C(=O)CCCN.Cl.Cl. The van der Waals surface area contributed by atoms with Gasteiger partial charge in [-0.1, -0.05) is 30.3 Å². The van der Waals surface area contributed by atoms with Gasteiger partial charge in [-0.2, -0.15) is 0 Å². The van der Waals surface area contributed by atoms with Crippen molar-refractivity contribution in [2.75, 3.05) is 26.2 Å². The Labute approximate surface area is 145 Å². The van der Waals surface area contributed by atoms with E-state index in [1.165, 1.54) is 5.56 Å². The van der Waals surface area contributed by atoms with Gasteiger partial charge in [0, 0.05) is 38.6 Å². The fraction of sp³-hybridized carbons (Fsp3) is 0.562. The number of halogens is 2. The lowest BCUT2D eigenvalue weighted by molar-refractivity contribution is -0.135. The van der Waals surface area contributed by atoms with E-state index < -0.39 is 0 Å². The quantitative estimate of drug-likeness (QED) is 0.888. The van der Waals surface area contributed by atoms with Crippen LogP contribution in [0.25, 0.3) is 0 Å². The van der Waals surface area contributed by atoms with Crippen LogP contribution in [0.5, 0.6) is 0 Å². The summed E-state index contributed by atoms with van der Waals surface area (Å²) in [4.78, 5) is 16.5. The standard InChI is InChI=1S/C16H25N3O.2ClH/c1-14-12-18(13-15-6-3-2-4-7-15)10-11-19(14)16(20)8-5-9-17;;/h2-4,6-7,14H,5,8-13,17H2,1H3;2*1H. The molecular formula is C16H27Cl2N3O. The molecule has 0 aromatic heterocycles. The van der Waals surface area contributed by atoms with Crippen LogP contribution in [-0.2, 0) is 11.3 Å². The van der Waals surface area contributed by atoms with E-state index in [1.807, 2.05) is 11.0 Å². The lowest BCUT2D eigenvalue weighted by Gasteiger charge is -2.40. The van der Waals surface area contributed by atoms with Crippen LogP contribution < -0.4 is 5.73 Å². The second-order valence-electron chi connectivity index (χ2n) is 5.55. The zero-order chi connectivity index (χ0) is 14.4. The fourth-order valence-corrected chi connectivity index (χ4v) is 2.79. The van der Waals surface area contributed by atoms with E-state index >= 15 is 0 Å². The molecule has 1 unspecified atom stereocenters. The predicted molar refractivity (Wildman–Crippen MR) is 95.7 cm³/mol. The largest absolute Gasteiger partial charge is 0.337 e. The van der Waals surface area contributed by atoms with E-state index in [0.29, 0.717) is 13.0 Å². The van der Waals surface area contributed by atoms with E-state index in [4.69, 9.17) is 5.73 Å². The van der Waals surface area contributed by atoms with Crippen molar-refractivity contribution in [3.8, 4) is 0 Å². The Morgan fingerprint density at radius 3 is 2.50 bits per heavy atom. The highest BCUT2D eigenvalue weighted by Gasteiger charge is 2.26. The molecule has 1 aliphatic heterocycles. The lowest BCUT2D eigenvalue weighted by atomic mass is 10.1. The van der Waals surface area contributed by atoms with Crippen LogP contribution in [0.2, 0.25) is 0 Å². The summed E-state index contributed by atoms with van der Waals surface area (Å²) in [6.45, 7) is 6.43. The summed E-state index contributed by atoms with van der Waals surface area (Å²) in [5.41, 5.74) is 6.81. The maximum absolute atomic E-state index is 12.1. The monoisotopic (exact) mass is 347 g/mol. The highest BCUT2D eigenvalue weighted by atomic mass is 35.5. The zero-order valence-electron chi connectivity index (χ0n) is 13.1. The van der Waals surface area contributed by atoms with Gasteiger partial charge in [-0.3, -0.25) is 9.69 Å². The van der Waals surface area contributed by atoms with Gasteiger partial charge in [-0.25, -0.2) is 0 Å². The third-order valence-corrected chi connectivity index (χ3v) is 3.88. The van der Waals surface area contributed by atoms with E-state index in [1.54, 1.807) is 0 Å². The van der Waals surface area contributed by atoms with Crippen molar-refractivity contribution in [1.82, 2.24) is 9.80 Å². The maximum atomic E-state index is 12.1. The zero-order valence-corrected chi connectivity index (χ0v) is 14.7. The van der Waals surface area contributed by atoms with Crippen LogP contribution in [0.4, 0.5) is 0 Å². The average molecular weight is 348 g/mol. The second kappa shape index (κ2) is 10.8. The van der Waals surface area contributed by atoms with Crippen molar-refractivity contribution < 1.29 is 4.79 Å². The van der Waals surface area contributed by atoms with Gasteiger partial charge < -0.3 is 10.6 Å². The minimum Gasteiger partial charge on any atom is -0.337 e. The molecule has 0 spiro atoms. The third kappa shape index (κ3) is 6.13. The Hall–Kier alpha value is -0.810. The molecule has 1 aromatic rings. The number of carbonyl (C=O) groups is 1. The van der Waals surface area contributed by atoms with Gasteiger partial charge in [0.15, 0.2) is 0 Å². The van der Waals surface area contributed by atoms with Crippen LogP contribution in [0.1, 0.15) is 25.3 Å². The smallest absolute Gasteiger partial charge is 0.222 e. The van der Waals surface area contributed by atoms with Crippen molar-refractivity contribution >= 4 is 30.7 Å². The Bertz CT molecular complexity index is 431. The molecule has 2 rings (SSSR count). The molecule has 1 heterocycles.